The van der Waals surface area contributed by atoms with Crippen LogP contribution in [0.5, 0.6) is 0 Å². The van der Waals surface area contributed by atoms with Gasteiger partial charge in [-0.2, -0.15) is 0 Å². The zero-order valence-corrected chi connectivity index (χ0v) is 15.3. The first-order valence-electron chi connectivity index (χ1n) is 7.21. The van der Waals surface area contributed by atoms with Gasteiger partial charge in [-0.25, -0.2) is 14.8 Å². The van der Waals surface area contributed by atoms with Gasteiger partial charge in [0.05, 0.1) is 16.6 Å². The number of ether oxygens (including phenoxy) is 1. The Morgan fingerprint density at radius 1 is 1.38 bits per heavy atom. The van der Waals surface area contributed by atoms with Crippen molar-refractivity contribution in [1.29, 1.82) is 0 Å². The Kier molecular flexibility index (Phi) is 4.73. The minimum absolute atomic E-state index is 0.198. The predicted octanol–water partition coefficient (Wildman–Crippen LogP) is 5.00. The van der Waals surface area contributed by atoms with E-state index in [9.17, 15) is 4.79 Å². The minimum Gasteiger partial charge on any atom is -0.447 e. The second-order valence-corrected chi connectivity index (χ2v) is 6.71. The molecule has 0 aliphatic heterocycles. The summed E-state index contributed by atoms with van der Waals surface area (Å²) in [4.78, 5) is 23.6. The van der Waals surface area contributed by atoms with Gasteiger partial charge in [-0.05, 0) is 54.0 Å². The van der Waals surface area contributed by atoms with Gasteiger partial charge in [0.2, 0.25) is 0 Å². The fraction of sp³-hybridized carbons (Fsp3) is 0.188. The molecule has 0 spiro atoms. The Morgan fingerprint density at radius 3 is 2.92 bits per heavy atom. The van der Waals surface area contributed by atoms with Crippen molar-refractivity contribution in [2.45, 2.75) is 20.0 Å². The third-order valence-corrected chi connectivity index (χ3v) is 3.88. The molecule has 1 amide bonds. The van der Waals surface area contributed by atoms with Gasteiger partial charge < -0.3 is 9.72 Å². The van der Waals surface area contributed by atoms with Gasteiger partial charge in [0.25, 0.3) is 0 Å². The van der Waals surface area contributed by atoms with E-state index < -0.39 is 6.09 Å². The summed E-state index contributed by atoms with van der Waals surface area (Å²) < 4.78 is 5.92. The molecule has 0 bridgehead atoms. The molecular weight excluding hydrogens is 396 g/mol. The zero-order valence-electron chi connectivity index (χ0n) is 12.9. The molecule has 0 saturated carbocycles. The van der Waals surface area contributed by atoms with Crippen LogP contribution in [0.15, 0.2) is 34.9 Å². The molecule has 0 aliphatic rings. The van der Waals surface area contributed by atoms with E-state index in [2.05, 4.69) is 36.2 Å². The summed E-state index contributed by atoms with van der Waals surface area (Å²) in [6.07, 6.45) is 0.958. The lowest BCUT2D eigenvalue weighted by molar-refractivity contribution is 0.130. The first kappa shape index (κ1) is 16.7. The van der Waals surface area contributed by atoms with E-state index in [1.54, 1.807) is 38.2 Å². The van der Waals surface area contributed by atoms with E-state index in [1.807, 2.05) is 6.07 Å². The number of benzene rings is 1. The highest BCUT2D eigenvalue weighted by Gasteiger charge is 2.13. The number of carbonyl (C=O) groups is 1. The van der Waals surface area contributed by atoms with E-state index in [0.717, 1.165) is 9.99 Å². The number of imidazole rings is 1. The number of fused-ring (bicyclic) bond motifs is 1. The molecule has 0 unspecified atom stereocenters. The second kappa shape index (κ2) is 6.78. The van der Waals surface area contributed by atoms with Crippen LogP contribution in [0.25, 0.3) is 22.6 Å². The van der Waals surface area contributed by atoms with E-state index in [1.165, 1.54) is 0 Å². The number of nitrogens with zero attached hydrogens (tertiary/aromatic N) is 2. The molecule has 0 aliphatic carbocycles. The van der Waals surface area contributed by atoms with Crippen molar-refractivity contribution >= 4 is 50.5 Å². The summed E-state index contributed by atoms with van der Waals surface area (Å²) in [6.45, 7) is 3.57. The van der Waals surface area contributed by atoms with Crippen LogP contribution in [0.2, 0.25) is 5.02 Å². The van der Waals surface area contributed by atoms with Crippen LogP contribution in [-0.2, 0) is 4.74 Å². The highest BCUT2D eigenvalue weighted by Crippen LogP contribution is 2.30. The molecule has 124 valence electrons. The molecule has 0 saturated heterocycles. The molecule has 3 aromatic rings. The lowest BCUT2D eigenvalue weighted by atomic mass is 10.2. The van der Waals surface area contributed by atoms with Crippen LogP contribution in [0.1, 0.15) is 13.8 Å². The van der Waals surface area contributed by atoms with Gasteiger partial charge in [0.1, 0.15) is 5.82 Å². The largest absolute Gasteiger partial charge is 0.447 e. The predicted molar refractivity (Wildman–Crippen MR) is 97.3 cm³/mol. The van der Waals surface area contributed by atoms with E-state index in [4.69, 9.17) is 16.3 Å². The summed E-state index contributed by atoms with van der Waals surface area (Å²) in [5.41, 5.74) is 2.60. The maximum atomic E-state index is 11.7. The molecule has 24 heavy (non-hydrogen) atoms. The number of anilines is 1. The first-order chi connectivity index (χ1) is 11.4. The first-order valence-corrected chi connectivity index (χ1v) is 8.38. The Balaban J connectivity index is 1.94. The smallest absolute Gasteiger partial charge is 0.411 e. The maximum absolute atomic E-state index is 11.7. The molecule has 2 N–H and O–H groups in total. The van der Waals surface area contributed by atoms with E-state index in [-0.39, 0.29) is 6.10 Å². The summed E-state index contributed by atoms with van der Waals surface area (Å²) in [6, 6.07) is 7.01. The quantitative estimate of drug-likeness (QED) is 0.638. The average Bonchev–Trinajstić information content (AvgIpc) is 2.91. The SMILES string of the molecule is CC(C)OC(=O)Nc1ccc(Cl)c(-c2nc3ncc(Br)cc3[nH]2)c1. The van der Waals surface area contributed by atoms with Crippen LogP contribution >= 0.6 is 27.5 Å². The van der Waals surface area contributed by atoms with E-state index >= 15 is 0 Å². The third-order valence-electron chi connectivity index (χ3n) is 3.11. The van der Waals surface area contributed by atoms with Gasteiger partial charge in [0.15, 0.2) is 5.65 Å². The highest BCUT2D eigenvalue weighted by atomic mass is 79.9. The van der Waals surface area contributed by atoms with Crippen LogP contribution in [-0.4, -0.2) is 27.1 Å². The molecule has 0 radical (unpaired) electrons. The molecule has 3 rings (SSSR count). The number of hydrogen-bond donors (Lipinski definition) is 2. The van der Waals surface area contributed by atoms with Crippen LogP contribution in [0.3, 0.4) is 0 Å². The van der Waals surface area contributed by atoms with Crippen molar-refractivity contribution in [3.8, 4) is 11.4 Å². The summed E-state index contributed by atoms with van der Waals surface area (Å²) >= 11 is 9.65. The normalized spacial score (nSPS) is 11.0. The molecule has 0 fully saturated rings. The van der Waals surface area contributed by atoms with Crippen molar-refractivity contribution in [2.24, 2.45) is 0 Å². The number of hydrogen-bond acceptors (Lipinski definition) is 4. The Bertz CT molecular complexity index is 910. The lowest BCUT2D eigenvalue weighted by Gasteiger charge is -2.10. The molecule has 6 nitrogen and oxygen atoms in total. The topological polar surface area (TPSA) is 79.9 Å². The third kappa shape index (κ3) is 3.68. The van der Waals surface area contributed by atoms with Crippen molar-refractivity contribution in [1.82, 2.24) is 15.0 Å². The standard InChI is InChI=1S/C16H14BrClN4O2/c1-8(2)24-16(23)20-10-3-4-12(18)11(6-10)14-21-13-5-9(17)7-19-15(13)22-14/h3-8H,1-2H3,(H,20,23)(H,19,21,22). The number of H-pyrrole nitrogens is 1. The Labute approximate surface area is 151 Å². The van der Waals surface area contributed by atoms with Crippen molar-refractivity contribution in [2.75, 3.05) is 5.32 Å². The number of amides is 1. The summed E-state index contributed by atoms with van der Waals surface area (Å²) in [7, 11) is 0. The van der Waals surface area contributed by atoms with Crippen molar-refractivity contribution in [3.05, 3.63) is 40.0 Å². The molecule has 8 heteroatoms. The molecule has 0 atom stereocenters. The fourth-order valence-electron chi connectivity index (χ4n) is 2.15. The fourth-order valence-corrected chi connectivity index (χ4v) is 2.69. The van der Waals surface area contributed by atoms with Gasteiger partial charge >= 0.3 is 6.09 Å². The van der Waals surface area contributed by atoms with Crippen molar-refractivity contribution in [3.63, 3.8) is 0 Å². The van der Waals surface area contributed by atoms with Crippen LogP contribution in [0, 0.1) is 0 Å². The van der Waals surface area contributed by atoms with E-state index in [0.29, 0.717) is 27.7 Å². The van der Waals surface area contributed by atoms with Gasteiger partial charge in [0, 0.05) is 21.9 Å². The molecule has 2 aromatic heterocycles. The maximum Gasteiger partial charge on any atom is 0.411 e. The van der Waals surface area contributed by atoms with Crippen LogP contribution < -0.4 is 5.32 Å². The minimum atomic E-state index is -0.520. The van der Waals surface area contributed by atoms with Crippen LogP contribution in [0.4, 0.5) is 10.5 Å². The lowest BCUT2D eigenvalue weighted by Crippen LogP contribution is -2.17. The molecule has 1 aromatic carbocycles. The number of pyridine rings is 1. The number of nitrogens with one attached hydrogen (secondary N) is 2. The zero-order chi connectivity index (χ0) is 17.3. The summed E-state index contributed by atoms with van der Waals surface area (Å²) in [5, 5.41) is 3.18. The number of rotatable bonds is 3. The number of carbonyl (C=O) groups excluding carboxylic acids is 1. The number of aromatic amines is 1. The van der Waals surface area contributed by atoms with Gasteiger partial charge in [-0.15, -0.1) is 0 Å². The Hall–Kier alpha value is -2.12. The molecule has 2 heterocycles. The number of aromatic nitrogens is 3. The van der Waals surface area contributed by atoms with Gasteiger partial charge in [-0.1, -0.05) is 11.6 Å². The Morgan fingerprint density at radius 2 is 2.17 bits per heavy atom. The average molecular weight is 410 g/mol. The monoisotopic (exact) mass is 408 g/mol. The number of halogens is 2. The van der Waals surface area contributed by atoms with Gasteiger partial charge in [-0.3, -0.25) is 5.32 Å². The second-order valence-electron chi connectivity index (χ2n) is 5.38. The van der Waals surface area contributed by atoms with Crippen molar-refractivity contribution < 1.29 is 9.53 Å². The summed E-state index contributed by atoms with van der Waals surface area (Å²) in [5.74, 6) is 0.571. The molecular formula is C16H14BrClN4O2. The highest BCUT2D eigenvalue weighted by molar-refractivity contribution is 9.10.